The summed E-state index contributed by atoms with van der Waals surface area (Å²) in [4.78, 5) is 28.6. The topological polar surface area (TPSA) is 95.7 Å². The molecule has 0 bridgehead atoms. The molecule has 0 atom stereocenters. The minimum atomic E-state index is -1.03. The first kappa shape index (κ1) is 18.2. The Kier molecular flexibility index (Phi) is 4.60. The monoisotopic (exact) mass is 379 g/mol. The molecular weight excluding hydrogens is 358 g/mol. The van der Waals surface area contributed by atoms with E-state index in [2.05, 4.69) is 21.5 Å². The van der Waals surface area contributed by atoms with E-state index in [1.165, 1.54) is 17.3 Å². The summed E-state index contributed by atoms with van der Waals surface area (Å²) in [5, 5.41) is 19.3. The normalized spacial score (nSPS) is 14.2. The number of aromatic carboxylic acids is 2. The van der Waals surface area contributed by atoms with Gasteiger partial charge in [0, 0.05) is 48.8 Å². The molecule has 0 radical (unpaired) electrons. The zero-order valence-corrected chi connectivity index (χ0v) is 15.6. The van der Waals surface area contributed by atoms with Gasteiger partial charge >= 0.3 is 11.9 Å². The van der Waals surface area contributed by atoms with Gasteiger partial charge in [-0.2, -0.15) is 0 Å². The number of carboxylic acid groups (broad SMARTS) is 2. The van der Waals surface area contributed by atoms with Gasteiger partial charge in [-0.1, -0.05) is 6.07 Å². The van der Waals surface area contributed by atoms with E-state index < -0.39 is 11.9 Å². The molecule has 0 saturated carbocycles. The third-order valence-electron chi connectivity index (χ3n) is 5.36. The number of carboxylic acids is 2. The summed E-state index contributed by atoms with van der Waals surface area (Å²) in [6.45, 7) is 2.50. The van der Waals surface area contributed by atoms with Gasteiger partial charge in [0.15, 0.2) is 0 Å². The maximum atomic E-state index is 11.4. The van der Waals surface area contributed by atoms with Crippen molar-refractivity contribution in [3.05, 3.63) is 64.6 Å². The van der Waals surface area contributed by atoms with Crippen LogP contribution in [0.25, 0.3) is 10.9 Å². The first-order valence-corrected chi connectivity index (χ1v) is 9.18. The van der Waals surface area contributed by atoms with Gasteiger partial charge in [-0.3, -0.25) is 0 Å². The van der Waals surface area contributed by atoms with Crippen LogP contribution in [-0.2, 0) is 25.9 Å². The standard InChI is InChI=1S/C21H21N3O4/c1-23-8-7-19-16(12-23)15-10-14(20(25)26)3-5-18(15)24(19)9-6-13-2-4-17(21(27)28)22-11-13/h2-5,10-11H,6-9,12H2,1H3,(H,25,26)(H,27,28). The van der Waals surface area contributed by atoms with Crippen molar-refractivity contribution >= 4 is 22.8 Å². The number of nitrogens with zero attached hydrogens (tertiary/aromatic N) is 3. The SMILES string of the molecule is CN1CCc2c(c3cc(C(=O)O)ccc3n2CCc2ccc(C(=O)O)nc2)C1. The largest absolute Gasteiger partial charge is 0.478 e. The van der Waals surface area contributed by atoms with Gasteiger partial charge in [-0.25, -0.2) is 14.6 Å². The molecule has 7 heteroatoms. The molecule has 7 nitrogen and oxygen atoms in total. The lowest BCUT2D eigenvalue weighted by Gasteiger charge is -2.24. The van der Waals surface area contributed by atoms with Crippen LogP contribution >= 0.6 is 0 Å². The number of aryl methyl sites for hydroxylation is 2. The highest BCUT2D eigenvalue weighted by atomic mass is 16.4. The van der Waals surface area contributed by atoms with Gasteiger partial charge in [0.2, 0.25) is 0 Å². The fraction of sp³-hybridized carbons (Fsp3) is 0.286. The number of hydrogen-bond donors (Lipinski definition) is 2. The average Bonchev–Trinajstić information content (AvgIpc) is 2.99. The van der Waals surface area contributed by atoms with Gasteiger partial charge in [0.25, 0.3) is 0 Å². The molecule has 0 unspecified atom stereocenters. The Morgan fingerprint density at radius 1 is 1.14 bits per heavy atom. The summed E-state index contributed by atoms with van der Waals surface area (Å²) < 4.78 is 2.27. The molecule has 0 fully saturated rings. The summed E-state index contributed by atoms with van der Waals surface area (Å²) in [6.07, 6.45) is 3.25. The molecule has 1 aliphatic rings. The van der Waals surface area contributed by atoms with Gasteiger partial charge in [-0.05, 0) is 48.9 Å². The number of fused-ring (bicyclic) bond motifs is 3. The number of hydrogen-bond acceptors (Lipinski definition) is 4. The summed E-state index contributed by atoms with van der Waals surface area (Å²) in [6, 6.07) is 8.64. The van der Waals surface area contributed by atoms with Crippen molar-refractivity contribution in [1.82, 2.24) is 14.5 Å². The minimum Gasteiger partial charge on any atom is -0.478 e. The number of aromatic nitrogens is 2. The lowest BCUT2D eigenvalue weighted by molar-refractivity contribution is 0.0682. The molecule has 3 aromatic rings. The van der Waals surface area contributed by atoms with Crippen LogP contribution in [0.1, 0.15) is 37.7 Å². The van der Waals surface area contributed by atoms with Crippen molar-refractivity contribution in [2.75, 3.05) is 13.6 Å². The van der Waals surface area contributed by atoms with Crippen LogP contribution in [0.4, 0.5) is 0 Å². The summed E-state index contributed by atoms with van der Waals surface area (Å²) >= 11 is 0. The van der Waals surface area contributed by atoms with Crippen LogP contribution in [0.3, 0.4) is 0 Å². The molecule has 1 aromatic carbocycles. The van der Waals surface area contributed by atoms with E-state index in [9.17, 15) is 14.7 Å². The zero-order valence-electron chi connectivity index (χ0n) is 15.6. The molecule has 28 heavy (non-hydrogen) atoms. The molecule has 0 spiro atoms. The highest BCUT2D eigenvalue weighted by Gasteiger charge is 2.23. The Morgan fingerprint density at radius 3 is 2.64 bits per heavy atom. The number of benzene rings is 1. The summed E-state index contributed by atoms with van der Waals surface area (Å²) in [5.74, 6) is -1.95. The smallest absolute Gasteiger partial charge is 0.354 e. The number of rotatable bonds is 5. The third-order valence-corrected chi connectivity index (χ3v) is 5.36. The van der Waals surface area contributed by atoms with Crippen molar-refractivity contribution in [3.8, 4) is 0 Å². The van der Waals surface area contributed by atoms with E-state index in [1.807, 2.05) is 6.07 Å². The summed E-state index contributed by atoms with van der Waals surface area (Å²) in [7, 11) is 2.07. The second kappa shape index (κ2) is 7.09. The Balaban J connectivity index is 1.70. The van der Waals surface area contributed by atoms with Crippen LogP contribution < -0.4 is 0 Å². The van der Waals surface area contributed by atoms with Crippen LogP contribution in [0, 0.1) is 0 Å². The second-order valence-electron chi connectivity index (χ2n) is 7.21. The Bertz CT molecular complexity index is 1070. The van der Waals surface area contributed by atoms with Crippen LogP contribution in [-0.4, -0.2) is 50.2 Å². The van der Waals surface area contributed by atoms with E-state index in [4.69, 9.17) is 5.11 Å². The van der Waals surface area contributed by atoms with E-state index in [0.717, 1.165) is 48.9 Å². The lowest BCUT2D eigenvalue weighted by Crippen LogP contribution is -2.27. The lowest BCUT2D eigenvalue weighted by atomic mass is 10.0. The molecule has 144 valence electrons. The predicted molar refractivity (Wildman–Crippen MR) is 104 cm³/mol. The zero-order chi connectivity index (χ0) is 19.8. The maximum absolute atomic E-state index is 11.4. The van der Waals surface area contributed by atoms with Gasteiger partial charge < -0.3 is 19.7 Å². The fourth-order valence-electron chi connectivity index (χ4n) is 3.91. The van der Waals surface area contributed by atoms with Crippen molar-refractivity contribution in [3.63, 3.8) is 0 Å². The van der Waals surface area contributed by atoms with E-state index in [0.29, 0.717) is 5.56 Å². The van der Waals surface area contributed by atoms with E-state index in [-0.39, 0.29) is 5.69 Å². The Labute approximate surface area is 161 Å². The third kappa shape index (κ3) is 3.25. The molecule has 0 saturated heterocycles. The van der Waals surface area contributed by atoms with Gasteiger partial charge in [-0.15, -0.1) is 0 Å². The highest BCUT2D eigenvalue weighted by molar-refractivity contribution is 5.95. The second-order valence-corrected chi connectivity index (χ2v) is 7.21. The molecular formula is C21H21N3O4. The predicted octanol–water partition coefficient (Wildman–Crippen LogP) is 2.66. The molecule has 0 amide bonds. The van der Waals surface area contributed by atoms with Gasteiger partial charge in [0.05, 0.1) is 5.56 Å². The highest BCUT2D eigenvalue weighted by Crippen LogP contribution is 2.31. The van der Waals surface area contributed by atoms with Crippen LogP contribution in [0.5, 0.6) is 0 Å². The average molecular weight is 379 g/mol. The molecule has 4 rings (SSSR count). The number of pyridine rings is 1. The molecule has 3 heterocycles. The number of carbonyl (C=O) groups is 2. The van der Waals surface area contributed by atoms with Gasteiger partial charge in [0.1, 0.15) is 5.69 Å². The summed E-state index contributed by atoms with van der Waals surface area (Å²) in [5.41, 5.74) is 4.80. The number of likely N-dealkylation sites (N-methyl/N-ethyl adjacent to an activating group) is 1. The quantitative estimate of drug-likeness (QED) is 0.708. The first-order valence-electron chi connectivity index (χ1n) is 9.18. The van der Waals surface area contributed by atoms with Crippen molar-refractivity contribution in [1.29, 1.82) is 0 Å². The Morgan fingerprint density at radius 2 is 1.96 bits per heavy atom. The Hall–Kier alpha value is -3.19. The minimum absolute atomic E-state index is 0.0387. The fourth-order valence-corrected chi connectivity index (χ4v) is 3.91. The van der Waals surface area contributed by atoms with Crippen molar-refractivity contribution < 1.29 is 19.8 Å². The molecule has 1 aliphatic heterocycles. The van der Waals surface area contributed by atoms with E-state index in [1.54, 1.807) is 24.4 Å². The van der Waals surface area contributed by atoms with E-state index >= 15 is 0 Å². The van der Waals surface area contributed by atoms with Crippen LogP contribution in [0.2, 0.25) is 0 Å². The maximum Gasteiger partial charge on any atom is 0.354 e. The van der Waals surface area contributed by atoms with Crippen molar-refractivity contribution in [2.45, 2.75) is 25.9 Å². The molecule has 0 aliphatic carbocycles. The molecule has 2 aromatic heterocycles. The first-order chi connectivity index (χ1) is 13.4. The molecule has 2 N–H and O–H groups in total. The van der Waals surface area contributed by atoms with Crippen LogP contribution in [0.15, 0.2) is 36.5 Å². The van der Waals surface area contributed by atoms with Crippen molar-refractivity contribution in [2.24, 2.45) is 0 Å².